The third-order valence-electron chi connectivity index (χ3n) is 5.12. The summed E-state index contributed by atoms with van der Waals surface area (Å²) in [5.74, 6) is 0.466. The molecule has 1 aliphatic carbocycles. The first kappa shape index (κ1) is 21.3. The molecule has 1 aromatic heterocycles. The number of hydrogen-bond donors (Lipinski definition) is 2. The molecule has 1 saturated carbocycles. The van der Waals surface area contributed by atoms with Crippen molar-refractivity contribution in [1.29, 1.82) is 0 Å². The number of rotatable bonds is 8. The number of esters is 1. The van der Waals surface area contributed by atoms with Crippen LogP contribution in [0.5, 0.6) is 0 Å². The van der Waals surface area contributed by atoms with E-state index in [0.717, 1.165) is 24.1 Å². The van der Waals surface area contributed by atoms with Crippen molar-refractivity contribution in [2.45, 2.75) is 52.0 Å². The number of nitrogens with zero attached hydrogens (tertiary/aromatic N) is 2. The highest BCUT2D eigenvalue weighted by atomic mass is 32.1. The molecule has 3 rings (SSSR count). The lowest BCUT2D eigenvalue weighted by Gasteiger charge is -2.18. The smallest absolute Gasteiger partial charge is 0.350 e. The van der Waals surface area contributed by atoms with E-state index in [2.05, 4.69) is 52.9 Å². The van der Waals surface area contributed by atoms with Crippen LogP contribution in [0.1, 0.15) is 65.6 Å². The van der Waals surface area contributed by atoms with Crippen molar-refractivity contribution in [3.8, 4) is 0 Å². The first-order valence-corrected chi connectivity index (χ1v) is 11.1. The van der Waals surface area contributed by atoms with Crippen molar-refractivity contribution in [2.24, 2.45) is 4.99 Å². The average Bonchev–Trinajstić information content (AvgIpc) is 3.41. The van der Waals surface area contributed by atoms with Crippen LogP contribution in [0.3, 0.4) is 0 Å². The van der Waals surface area contributed by atoms with Gasteiger partial charge in [0.1, 0.15) is 9.88 Å². The number of thiazole rings is 1. The van der Waals surface area contributed by atoms with Crippen LogP contribution in [0.25, 0.3) is 0 Å². The number of hydrogen-bond acceptors (Lipinski definition) is 5. The number of aliphatic imine (C=N–C) groups is 1. The Hall–Kier alpha value is -2.41. The number of ether oxygens (including phenoxy) is 1. The highest BCUT2D eigenvalue weighted by Crippen LogP contribution is 2.48. The second-order valence-electron chi connectivity index (χ2n) is 7.39. The summed E-state index contributed by atoms with van der Waals surface area (Å²) in [4.78, 5) is 22.1. The van der Waals surface area contributed by atoms with Gasteiger partial charge in [0, 0.05) is 12.0 Å². The standard InChI is InChI=1S/C22H30N4O2S/c1-5-23-21(24-14-22(12-13-22)17-10-8-7-9-11-17)26-16(4)19-25-15(3)18(29-19)20(27)28-6-2/h7-11,16H,5-6,12-14H2,1-4H3,(H2,23,24,26). The topological polar surface area (TPSA) is 75.6 Å². The fourth-order valence-corrected chi connectivity index (χ4v) is 4.25. The molecule has 0 saturated heterocycles. The van der Waals surface area contributed by atoms with E-state index in [4.69, 9.17) is 9.73 Å². The van der Waals surface area contributed by atoms with Crippen LogP contribution < -0.4 is 10.6 Å². The molecular weight excluding hydrogens is 384 g/mol. The van der Waals surface area contributed by atoms with Crippen LogP contribution >= 0.6 is 11.3 Å². The van der Waals surface area contributed by atoms with Gasteiger partial charge in [-0.05, 0) is 46.1 Å². The van der Waals surface area contributed by atoms with Crippen molar-refractivity contribution in [3.05, 3.63) is 51.5 Å². The number of aromatic nitrogens is 1. The largest absolute Gasteiger partial charge is 0.462 e. The zero-order valence-corrected chi connectivity index (χ0v) is 18.4. The Labute approximate surface area is 176 Å². The molecule has 1 aliphatic rings. The van der Waals surface area contributed by atoms with E-state index in [1.807, 2.05) is 13.8 Å². The normalized spacial score (nSPS) is 16.2. The SMILES string of the molecule is CCNC(=NCC1(c2ccccc2)CC1)NC(C)c1nc(C)c(C(=O)OCC)s1. The van der Waals surface area contributed by atoms with E-state index in [-0.39, 0.29) is 17.4 Å². The summed E-state index contributed by atoms with van der Waals surface area (Å²) in [6.07, 6.45) is 2.34. The number of carbonyl (C=O) groups is 1. The molecular formula is C22H30N4O2S. The van der Waals surface area contributed by atoms with Gasteiger partial charge in [0.2, 0.25) is 0 Å². The molecule has 2 N–H and O–H groups in total. The van der Waals surface area contributed by atoms with Crippen molar-refractivity contribution in [1.82, 2.24) is 15.6 Å². The van der Waals surface area contributed by atoms with Gasteiger partial charge in [0.15, 0.2) is 5.96 Å². The van der Waals surface area contributed by atoms with Gasteiger partial charge in [-0.2, -0.15) is 0 Å². The lowest BCUT2D eigenvalue weighted by Crippen LogP contribution is -2.39. The van der Waals surface area contributed by atoms with Crippen molar-refractivity contribution >= 4 is 23.3 Å². The molecule has 2 aromatic rings. The molecule has 1 heterocycles. The van der Waals surface area contributed by atoms with Gasteiger partial charge < -0.3 is 15.4 Å². The van der Waals surface area contributed by atoms with Gasteiger partial charge in [-0.25, -0.2) is 9.78 Å². The molecule has 156 valence electrons. The Bertz CT molecular complexity index is 859. The zero-order valence-electron chi connectivity index (χ0n) is 17.6. The first-order valence-electron chi connectivity index (χ1n) is 10.2. The van der Waals surface area contributed by atoms with Gasteiger partial charge in [-0.3, -0.25) is 4.99 Å². The summed E-state index contributed by atoms with van der Waals surface area (Å²) in [7, 11) is 0. The highest BCUT2D eigenvalue weighted by molar-refractivity contribution is 7.13. The minimum atomic E-state index is -0.305. The van der Waals surface area contributed by atoms with E-state index in [9.17, 15) is 4.79 Å². The highest BCUT2D eigenvalue weighted by Gasteiger charge is 2.44. The third kappa shape index (κ3) is 5.15. The Morgan fingerprint density at radius 3 is 2.66 bits per heavy atom. The van der Waals surface area contributed by atoms with Crippen LogP contribution in [0, 0.1) is 6.92 Å². The molecule has 0 aliphatic heterocycles. The van der Waals surface area contributed by atoms with Gasteiger partial charge in [0.25, 0.3) is 0 Å². The molecule has 29 heavy (non-hydrogen) atoms. The minimum absolute atomic E-state index is 0.0634. The van der Waals surface area contributed by atoms with Crippen LogP contribution in [-0.2, 0) is 10.2 Å². The fourth-order valence-electron chi connectivity index (χ4n) is 3.29. The zero-order chi connectivity index (χ0) is 20.9. The summed E-state index contributed by atoms with van der Waals surface area (Å²) >= 11 is 1.38. The van der Waals surface area contributed by atoms with E-state index in [1.165, 1.54) is 29.7 Å². The molecule has 0 bridgehead atoms. The van der Waals surface area contributed by atoms with Crippen molar-refractivity contribution < 1.29 is 9.53 Å². The van der Waals surface area contributed by atoms with E-state index in [0.29, 0.717) is 17.2 Å². The van der Waals surface area contributed by atoms with Crippen molar-refractivity contribution in [2.75, 3.05) is 19.7 Å². The number of aryl methyl sites for hydroxylation is 1. The quantitative estimate of drug-likeness (QED) is 0.388. The molecule has 1 atom stereocenters. The molecule has 7 heteroatoms. The predicted molar refractivity (Wildman–Crippen MR) is 118 cm³/mol. The monoisotopic (exact) mass is 414 g/mol. The fraction of sp³-hybridized carbons (Fsp3) is 0.500. The molecule has 1 fully saturated rings. The van der Waals surface area contributed by atoms with Crippen LogP contribution in [0.15, 0.2) is 35.3 Å². The van der Waals surface area contributed by atoms with Crippen LogP contribution in [-0.4, -0.2) is 36.6 Å². The second-order valence-corrected chi connectivity index (χ2v) is 8.43. The number of nitrogens with one attached hydrogen (secondary N) is 2. The maximum absolute atomic E-state index is 12.1. The second kappa shape index (κ2) is 9.39. The predicted octanol–water partition coefficient (Wildman–Crippen LogP) is 3.98. The van der Waals surface area contributed by atoms with E-state index in [1.54, 1.807) is 6.92 Å². The average molecular weight is 415 g/mol. The maximum Gasteiger partial charge on any atom is 0.350 e. The van der Waals surface area contributed by atoms with Gasteiger partial charge >= 0.3 is 5.97 Å². The van der Waals surface area contributed by atoms with E-state index < -0.39 is 0 Å². The Balaban J connectivity index is 1.69. The van der Waals surface area contributed by atoms with Crippen LogP contribution in [0.4, 0.5) is 0 Å². The Morgan fingerprint density at radius 2 is 2.03 bits per heavy atom. The summed E-state index contributed by atoms with van der Waals surface area (Å²) in [5.41, 5.74) is 2.24. The number of guanidine groups is 1. The summed E-state index contributed by atoms with van der Waals surface area (Å²) in [6, 6.07) is 10.6. The Morgan fingerprint density at radius 1 is 1.31 bits per heavy atom. The molecule has 1 unspecified atom stereocenters. The van der Waals surface area contributed by atoms with Crippen molar-refractivity contribution in [3.63, 3.8) is 0 Å². The molecule has 1 aromatic carbocycles. The summed E-state index contributed by atoms with van der Waals surface area (Å²) in [5, 5.41) is 7.60. The Kier molecular flexibility index (Phi) is 6.90. The lowest BCUT2D eigenvalue weighted by atomic mass is 9.96. The molecule has 6 nitrogen and oxygen atoms in total. The summed E-state index contributed by atoms with van der Waals surface area (Å²) in [6.45, 7) is 9.63. The van der Waals surface area contributed by atoms with E-state index >= 15 is 0 Å². The van der Waals surface area contributed by atoms with Gasteiger partial charge in [-0.1, -0.05) is 30.3 Å². The summed E-state index contributed by atoms with van der Waals surface area (Å²) < 4.78 is 5.12. The van der Waals surface area contributed by atoms with Gasteiger partial charge in [0.05, 0.1) is 24.9 Å². The molecule has 0 spiro atoms. The minimum Gasteiger partial charge on any atom is -0.462 e. The third-order valence-corrected chi connectivity index (χ3v) is 6.44. The van der Waals surface area contributed by atoms with Gasteiger partial charge in [-0.15, -0.1) is 11.3 Å². The lowest BCUT2D eigenvalue weighted by molar-refractivity contribution is 0.0531. The first-order chi connectivity index (χ1) is 14.0. The maximum atomic E-state index is 12.1. The number of carbonyl (C=O) groups excluding carboxylic acids is 1. The molecule has 0 amide bonds. The van der Waals surface area contributed by atoms with Crippen LogP contribution in [0.2, 0.25) is 0 Å². The number of benzene rings is 1. The molecule has 0 radical (unpaired) electrons.